The molecule has 1 aromatic carbocycles. The first kappa shape index (κ1) is 14.4. The quantitative estimate of drug-likeness (QED) is 0.864. The maximum Gasteiger partial charge on any atom is 0.257 e. The van der Waals surface area contributed by atoms with Gasteiger partial charge in [-0.15, -0.1) is 0 Å². The Labute approximate surface area is 123 Å². The molecule has 0 unspecified atom stereocenters. The zero-order valence-corrected chi connectivity index (χ0v) is 12.0. The van der Waals surface area contributed by atoms with Crippen molar-refractivity contribution in [2.75, 3.05) is 19.6 Å². The van der Waals surface area contributed by atoms with Crippen LogP contribution in [0.5, 0.6) is 0 Å². The van der Waals surface area contributed by atoms with Crippen LogP contribution in [-0.2, 0) is 0 Å². The minimum atomic E-state index is -0.647. The second-order valence-corrected chi connectivity index (χ2v) is 6.04. The van der Waals surface area contributed by atoms with Crippen molar-refractivity contribution < 1.29 is 13.6 Å². The first-order valence-corrected chi connectivity index (χ1v) is 7.60. The van der Waals surface area contributed by atoms with Crippen molar-refractivity contribution in [2.45, 2.75) is 37.6 Å². The number of halogens is 2. The van der Waals surface area contributed by atoms with Crippen molar-refractivity contribution in [1.29, 1.82) is 0 Å². The molecule has 1 N–H and O–H groups in total. The van der Waals surface area contributed by atoms with E-state index in [-0.39, 0.29) is 17.0 Å². The van der Waals surface area contributed by atoms with E-state index in [0.717, 1.165) is 50.4 Å². The van der Waals surface area contributed by atoms with Crippen LogP contribution in [0.25, 0.3) is 0 Å². The van der Waals surface area contributed by atoms with Crippen LogP contribution in [0.15, 0.2) is 18.2 Å². The second kappa shape index (κ2) is 5.72. The summed E-state index contributed by atoms with van der Waals surface area (Å²) < 4.78 is 27.3. The molecule has 114 valence electrons. The topological polar surface area (TPSA) is 32.3 Å². The lowest BCUT2D eigenvalue weighted by molar-refractivity contribution is 0.0218. The number of nitrogens with one attached hydrogen (secondary N) is 1. The van der Waals surface area contributed by atoms with Gasteiger partial charge in [0, 0.05) is 19.6 Å². The van der Waals surface area contributed by atoms with Crippen LogP contribution in [0.4, 0.5) is 8.78 Å². The maximum atomic E-state index is 13.9. The number of nitrogens with zero attached hydrogens (tertiary/aromatic N) is 1. The molecule has 1 saturated carbocycles. The normalized spacial score (nSPS) is 21.5. The van der Waals surface area contributed by atoms with Gasteiger partial charge in [0.25, 0.3) is 5.91 Å². The first-order chi connectivity index (χ1) is 10.1. The number of benzene rings is 1. The van der Waals surface area contributed by atoms with E-state index in [0.29, 0.717) is 13.1 Å². The highest BCUT2D eigenvalue weighted by Crippen LogP contribution is 2.35. The lowest BCUT2D eigenvalue weighted by Crippen LogP contribution is -2.63. The van der Waals surface area contributed by atoms with Gasteiger partial charge in [-0.3, -0.25) is 4.79 Å². The summed E-state index contributed by atoms with van der Waals surface area (Å²) in [6.07, 6.45) is 5.21. The monoisotopic (exact) mass is 294 g/mol. The van der Waals surface area contributed by atoms with Gasteiger partial charge in [-0.2, -0.15) is 0 Å². The van der Waals surface area contributed by atoms with Gasteiger partial charge in [-0.05, 0) is 31.0 Å². The van der Waals surface area contributed by atoms with Crippen molar-refractivity contribution in [3.8, 4) is 0 Å². The molecule has 0 aromatic heterocycles. The highest BCUT2D eigenvalue weighted by atomic mass is 19.1. The Balaban J connectivity index is 1.92. The van der Waals surface area contributed by atoms with Crippen LogP contribution in [0.2, 0.25) is 0 Å². The molecule has 3 nitrogen and oxygen atoms in total. The van der Waals surface area contributed by atoms with Crippen LogP contribution < -0.4 is 5.32 Å². The SMILES string of the molecule is O=C(c1cc(F)ccc1F)N1CCNCC12CCCCC2. The fraction of sp³-hybridized carbons (Fsp3) is 0.562. The molecule has 21 heavy (non-hydrogen) atoms. The minimum absolute atomic E-state index is 0.151. The second-order valence-electron chi connectivity index (χ2n) is 6.04. The van der Waals surface area contributed by atoms with Gasteiger partial charge in [0.05, 0.1) is 11.1 Å². The van der Waals surface area contributed by atoms with Crippen molar-refractivity contribution in [3.05, 3.63) is 35.4 Å². The van der Waals surface area contributed by atoms with Gasteiger partial charge in [0.2, 0.25) is 0 Å². The van der Waals surface area contributed by atoms with Gasteiger partial charge >= 0.3 is 0 Å². The molecular formula is C16H20F2N2O. The summed E-state index contributed by atoms with van der Waals surface area (Å²) in [5.74, 6) is -1.60. The van der Waals surface area contributed by atoms with E-state index in [1.165, 1.54) is 6.42 Å². The molecule has 1 saturated heterocycles. The van der Waals surface area contributed by atoms with Crippen molar-refractivity contribution >= 4 is 5.91 Å². The van der Waals surface area contributed by atoms with Crippen molar-refractivity contribution in [2.24, 2.45) is 0 Å². The molecule has 5 heteroatoms. The number of rotatable bonds is 1. The highest BCUT2D eigenvalue weighted by molar-refractivity contribution is 5.95. The van der Waals surface area contributed by atoms with Crippen LogP contribution in [-0.4, -0.2) is 36.0 Å². The van der Waals surface area contributed by atoms with Gasteiger partial charge in [0.1, 0.15) is 11.6 Å². The van der Waals surface area contributed by atoms with E-state index in [1.54, 1.807) is 4.90 Å². The number of carbonyl (C=O) groups excluding carboxylic acids is 1. The third-order valence-corrected chi connectivity index (χ3v) is 4.73. The van der Waals surface area contributed by atoms with Crippen LogP contribution in [0.1, 0.15) is 42.5 Å². The lowest BCUT2D eigenvalue weighted by atomic mass is 9.78. The van der Waals surface area contributed by atoms with Crippen LogP contribution >= 0.6 is 0 Å². The molecule has 2 aliphatic rings. The summed E-state index contributed by atoms with van der Waals surface area (Å²) >= 11 is 0. The highest BCUT2D eigenvalue weighted by Gasteiger charge is 2.42. The summed E-state index contributed by atoms with van der Waals surface area (Å²) in [4.78, 5) is 14.5. The van der Waals surface area contributed by atoms with E-state index < -0.39 is 11.6 Å². The summed E-state index contributed by atoms with van der Waals surface area (Å²) in [6, 6.07) is 3.08. The van der Waals surface area contributed by atoms with Gasteiger partial charge in [-0.25, -0.2) is 8.78 Å². The molecule has 0 bridgehead atoms. The van der Waals surface area contributed by atoms with Crippen molar-refractivity contribution in [1.82, 2.24) is 10.2 Å². The summed E-state index contributed by atoms with van der Waals surface area (Å²) in [7, 11) is 0. The molecule has 1 aliphatic carbocycles. The summed E-state index contributed by atoms with van der Waals surface area (Å²) in [6.45, 7) is 1.99. The lowest BCUT2D eigenvalue weighted by Gasteiger charge is -2.49. The number of carbonyl (C=O) groups is 1. The largest absolute Gasteiger partial charge is 0.330 e. The van der Waals surface area contributed by atoms with Gasteiger partial charge in [-0.1, -0.05) is 19.3 Å². The Hall–Kier alpha value is -1.49. The minimum Gasteiger partial charge on any atom is -0.330 e. The Morgan fingerprint density at radius 3 is 2.71 bits per heavy atom. The summed E-state index contributed by atoms with van der Waals surface area (Å²) in [5, 5.41) is 3.35. The third-order valence-electron chi connectivity index (χ3n) is 4.73. The number of hydrogen-bond acceptors (Lipinski definition) is 2. The Morgan fingerprint density at radius 2 is 1.95 bits per heavy atom. The average molecular weight is 294 g/mol. The number of hydrogen-bond donors (Lipinski definition) is 1. The molecular weight excluding hydrogens is 274 g/mol. The average Bonchev–Trinajstić information content (AvgIpc) is 2.50. The van der Waals surface area contributed by atoms with Gasteiger partial charge in [0.15, 0.2) is 0 Å². The van der Waals surface area contributed by atoms with E-state index in [2.05, 4.69) is 5.32 Å². The van der Waals surface area contributed by atoms with E-state index in [4.69, 9.17) is 0 Å². The Bertz CT molecular complexity index is 533. The Morgan fingerprint density at radius 1 is 1.19 bits per heavy atom. The Kier molecular flexibility index (Phi) is 3.93. The maximum absolute atomic E-state index is 13.9. The van der Waals surface area contributed by atoms with Crippen LogP contribution in [0.3, 0.4) is 0 Å². The third kappa shape index (κ3) is 2.67. The summed E-state index contributed by atoms with van der Waals surface area (Å²) in [5.41, 5.74) is -0.381. The van der Waals surface area contributed by atoms with Crippen molar-refractivity contribution in [3.63, 3.8) is 0 Å². The first-order valence-electron chi connectivity index (χ1n) is 7.60. The molecule has 3 rings (SSSR count). The van der Waals surface area contributed by atoms with E-state index >= 15 is 0 Å². The zero-order valence-electron chi connectivity index (χ0n) is 12.0. The fourth-order valence-electron chi connectivity index (χ4n) is 3.62. The van der Waals surface area contributed by atoms with E-state index in [9.17, 15) is 13.6 Å². The molecule has 1 amide bonds. The molecule has 0 atom stereocenters. The predicted molar refractivity (Wildman–Crippen MR) is 76.1 cm³/mol. The van der Waals surface area contributed by atoms with Gasteiger partial charge < -0.3 is 10.2 Å². The zero-order chi connectivity index (χ0) is 14.9. The number of piperazine rings is 1. The standard InChI is InChI=1S/C16H20F2N2O/c17-12-4-5-14(18)13(10-12)15(21)20-9-8-19-11-16(20)6-2-1-3-7-16/h4-5,10,19H,1-3,6-9,11H2. The number of amides is 1. The molecule has 1 aliphatic heterocycles. The van der Waals surface area contributed by atoms with E-state index in [1.807, 2.05) is 0 Å². The van der Waals surface area contributed by atoms with Crippen LogP contribution in [0, 0.1) is 11.6 Å². The molecule has 1 aromatic rings. The molecule has 2 fully saturated rings. The molecule has 0 radical (unpaired) electrons. The molecule has 1 spiro atoms. The fourth-order valence-corrected chi connectivity index (χ4v) is 3.62. The smallest absolute Gasteiger partial charge is 0.257 e. The molecule has 1 heterocycles. The predicted octanol–water partition coefficient (Wildman–Crippen LogP) is 2.71.